The highest BCUT2D eigenvalue weighted by molar-refractivity contribution is 7.15. The van der Waals surface area contributed by atoms with Crippen LogP contribution in [-0.4, -0.2) is 16.1 Å². The molecule has 1 heterocycles. The third-order valence-corrected chi connectivity index (χ3v) is 3.39. The van der Waals surface area contributed by atoms with Crippen molar-refractivity contribution >= 4 is 22.4 Å². The van der Waals surface area contributed by atoms with E-state index in [1.807, 2.05) is 44.2 Å². The summed E-state index contributed by atoms with van der Waals surface area (Å²) in [6, 6.07) is 10.0. The summed E-state index contributed by atoms with van der Waals surface area (Å²) in [4.78, 5) is 11.8. The number of aryl methyl sites for hydroxylation is 1. The lowest BCUT2D eigenvalue weighted by molar-refractivity contribution is -0.116. The molecule has 0 bridgehead atoms. The second-order valence-corrected chi connectivity index (χ2v) is 5.37. The second kappa shape index (κ2) is 5.73. The zero-order valence-electron chi connectivity index (χ0n) is 10.4. The number of hydrogen-bond acceptors (Lipinski definition) is 4. The van der Waals surface area contributed by atoms with E-state index >= 15 is 0 Å². The van der Waals surface area contributed by atoms with Gasteiger partial charge in [-0.25, -0.2) is 0 Å². The van der Waals surface area contributed by atoms with Crippen molar-refractivity contribution in [3.8, 4) is 0 Å². The van der Waals surface area contributed by atoms with Gasteiger partial charge in [0.1, 0.15) is 5.01 Å². The first-order valence-corrected chi connectivity index (χ1v) is 6.61. The SMILES string of the molecule is Cc1nnc(NC(=O)C[C@H](C)c2ccccc2)s1. The van der Waals surface area contributed by atoms with Crippen molar-refractivity contribution in [2.45, 2.75) is 26.2 Å². The molecule has 1 aromatic carbocycles. The molecule has 4 nitrogen and oxygen atoms in total. The fourth-order valence-corrected chi connectivity index (χ4v) is 2.30. The molecular formula is C13H15N3OS. The molecule has 94 valence electrons. The van der Waals surface area contributed by atoms with E-state index in [9.17, 15) is 4.79 Å². The van der Waals surface area contributed by atoms with Crippen molar-refractivity contribution in [2.75, 3.05) is 5.32 Å². The van der Waals surface area contributed by atoms with Crippen LogP contribution in [0.15, 0.2) is 30.3 Å². The Morgan fingerprint density at radius 2 is 2.06 bits per heavy atom. The van der Waals surface area contributed by atoms with Gasteiger partial charge in [-0.05, 0) is 18.4 Å². The summed E-state index contributed by atoms with van der Waals surface area (Å²) in [6.07, 6.45) is 0.447. The van der Waals surface area contributed by atoms with Gasteiger partial charge in [0.05, 0.1) is 0 Å². The molecule has 5 heteroatoms. The van der Waals surface area contributed by atoms with Crippen LogP contribution in [0, 0.1) is 6.92 Å². The van der Waals surface area contributed by atoms with Gasteiger partial charge in [0.2, 0.25) is 11.0 Å². The lowest BCUT2D eigenvalue weighted by Crippen LogP contribution is -2.14. The van der Waals surface area contributed by atoms with Crippen molar-refractivity contribution in [2.24, 2.45) is 0 Å². The summed E-state index contributed by atoms with van der Waals surface area (Å²) >= 11 is 1.38. The Morgan fingerprint density at radius 3 is 2.67 bits per heavy atom. The molecule has 1 N–H and O–H groups in total. The lowest BCUT2D eigenvalue weighted by atomic mass is 9.98. The number of amides is 1. The van der Waals surface area contributed by atoms with Gasteiger partial charge >= 0.3 is 0 Å². The number of rotatable bonds is 4. The summed E-state index contributed by atoms with van der Waals surface area (Å²) in [5, 5.41) is 11.9. The molecule has 0 spiro atoms. The Balaban J connectivity index is 1.92. The molecule has 1 aromatic heterocycles. The molecule has 0 fully saturated rings. The molecule has 0 radical (unpaired) electrons. The summed E-state index contributed by atoms with van der Waals surface area (Å²) in [6.45, 7) is 3.90. The quantitative estimate of drug-likeness (QED) is 0.920. The monoisotopic (exact) mass is 261 g/mol. The number of benzene rings is 1. The molecule has 18 heavy (non-hydrogen) atoms. The highest BCUT2D eigenvalue weighted by Gasteiger charge is 2.12. The van der Waals surface area contributed by atoms with E-state index in [1.54, 1.807) is 0 Å². The number of aromatic nitrogens is 2. The predicted molar refractivity (Wildman–Crippen MR) is 72.7 cm³/mol. The normalized spacial score (nSPS) is 12.1. The largest absolute Gasteiger partial charge is 0.301 e. The van der Waals surface area contributed by atoms with Crippen LogP contribution in [0.4, 0.5) is 5.13 Å². The summed E-state index contributed by atoms with van der Waals surface area (Å²) in [5.41, 5.74) is 1.17. The van der Waals surface area contributed by atoms with E-state index < -0.39 is 0 Å². The summed E-state index contributed by atoms with van der Waals surface area (Å²) in [5.74, 6) is 0.169. The van der Waals surface area contributed by atoms with Crippen LogP contribution in [0.2, 0.25) is 0 Å². The van der Waals surface area contributed by atoms with Crippen molar-refractivity contribution in [3.63, 3.8) is 0 Å². The zero-order chi connectivity index (χ0) is 13.0. The Labute approximate surface area is 110 Å². The average molecular weight is 261 g/mol. The minimum Gasteiger partial charge on any atom is -0.301 e. The Morgan fingerprint density at radius 1 is 1.33 bits per heavy atom. The first-order chi connectivity index (χ1) is 8.65. The highest BCUT2D eigenvalue weighted by atomic mass is 32.1. The van der Waals surface area contributed by atoms with E-state index in [2.05, 4.69) is 15.5 Å². The molecule has 0 saturated carbocycles. The molecule has 0 saturated heterocycles. The minimum atomic E-state index is -0.0255. The zero-order valence-corrected chi connectivity index (χ0v) is 11.2. The molecule has 0 aliphatic heterocycles. The second-order valence-electron chi connectivity index (χ2n) is 4.19. The molecular weight excluding hydrogens is 246 g/mol. The van der Waals surface area contributed by atoms with Gasteiger partial charge in [0.15, 0.2) is 0 Å². The number of nitrogens with one attached hydrogen (secondary N) is 1. The number of carbonyl (C=O) groups is 1. The Bertz CT molecular complexity index is 524. The van der Waals surface area contributed by atoms with E-state index in [0.29, 0.717) is 11.6 Å². The van der Waals surface area contributed by atoms with E-state index in [0.717, 1.165) is 5.01 Å². The van der Waals surface area contributed by atoms with Crippen LogP contribution in [-0.2, 0) is 4.79 Å². The van der Waals surface area contributed by atoms with Gasteiger partial charge in [-0.15, -0.1) is 10.2 Å². The number of carbonyl (C=O) groups excluding carboxylic acids is 1. The van der Waals surface area contributed by atoms with E-state index in [4.69, 9.17) is 0 Å². The van der Waals surface area contributed by atoms with Gasteiger partial charge in [0, 0.05) is 6.42 Å². The average Bonchev–Trinajstić information content (AvgIpc) is 2.75. The van der Waals surface area contributed by atoms with E-state index in [1.165, 1.54) is 16.9 Å². The van der Waals surface area contributed by atoms with Crippen LogP contribution < -0.4 is 5.32 Å². The van der Waals surface area contributed by atoms with Crippen molar-refractivity contribution < 1.29 is 4.79 Å². The third kappa shape index (κ3) is 3.37. The molecule has 1 atom stereocenters. The Hall–Kier alpha value is -1.75. The van der Waals surface area contributed by atoms with Crippen LogP contribution in [0.25, 0.3) is 0 Å². The van der Waals surface area contributed by atoms with Crippen LogP contribution in [0.5, 0.6) is 0 Å². The highest BCUT2D eigenvalue weighted by Crippen LogP contribution is 2.20. The Kier molecular flexibility index (Phi) is 4.04. The maximum Gasteiger partial charge on any atom is 0.226 e. The standard InChI is InChI=1S/C13H15N3OS/c1-9(11-6-4-3-5-7-11)8-12(17)14-13-16-15-10(2)18-13/h3-7,9H,8H2,1-2H3,(H,14,16,17)/t9-/m0/s1. The third-order valence-electron chi connectivity index (χ3n) is 2.63. The van der Waals surface area contributed by atoms with Crippen LogP contribution >= 0.6 is 11.3 Å². The lowest BCUT2D eigenvalue weighted by Gasteiger charge is -2.10. The summed E-state index contributed by atoms with van der Waals surface area (Å²) < 4.78 is 0. The van der Waals surface area contributed by atoms with Gasteiger partial charge in [-0.2, -0.15) is 0 Å². The number of hydrogen-bond donors (Lipinski definition) is 1. The number of anilines is 1. The molecule has 0 aliphatic rings. The van der Waals surface area contributed by atoms with Gasteiger partial charge in [-0.3, -0.25) is 4.79 Å². The maximum atomic E-state index is 11.8. The first kappa shape index (κ1) is 12.7. The topological polar surface area (TPSA) is 54.9 Å². The molecule has 2 aromatic rings. The minimum absolute atomic E-state index is 0.0255. The van der Waals surface area contributed by atoms with Gasteiger partial charge in [-0.1, -0.05) is 48.6 Å². The molecule has 1 amide bonds. The summed E-state index contributed by atoms with van der Waals surface area (Å²) in [7, 11) is 0. The smallest absolute Gasteiger partial charge is 0.226 e. The molecule has 2 rings (SSSR count). The van der Waals surface area contributed by atoms with Crippen molar-refractivity contribution in [1.82, 2.24) is 10.2 Å². The number of nitrogens with zero attached hydrogens (tertiary/aromatic N) is 2. The molecule has 0 unspecified atom stereocenters. The van der Waals surface area contributed by atoms with Crippen LogP contribution in [0.3, 0.4) is 0 Å². The van der Waals surface area contributed by atoms with Crippen molar-refractivity contribution in [1.29, 1.82) is 0 Å². The fraction of sp³-hybridized carbons (Fsp3) is 0.308. The van der Waals surface area contributed by atoms with Gasteiger partial charge in [0.25, 0.3) is 0 Å². The first-order valence-electron chi connectivity index (χ1n) is 5.80. The van der Waals surface area contributed by atoms with Crippen LogP contribution in [0.1, 0.15) is 29.8 Å². The fourth-order valence-electron chi connectivity index (χ4n) is 1.69. The van der Waals surface area contributed by atoms with Crippen molar-refractivity contribution in [3.05, 3.63) is 40.9 Å². The maximum absolute atomic E-state index is 11.8. The van der Waals surface area contributed by atoms with E-state index in [-0.39, 0.29) is 11.8 Å². The molecule has 0 aliphatic carbocycles. The van der Waals surface area contributed by atoms with Gasteiger partial charge < -0.3 is 5.32 Å². The predicted octanol–water partition coefficient (Wildman–Crippen LogP) is 2.98.